The monoisotopic (exact) mass is 620 g/mol. The summed E-state index contributed by atoms with van der Waals surface area (Å²) in [5.41, 5.74) is 7.31. The van der Waals surface area contributed by atoms with E-state index in [2.05, 4.69) is 21.8 Å². The summed E-state index contributed by atoms with van der Waals surface area (Å²) in [5.74, 6) is 2.98. The first-order valence-electron chi connectivity index (χ1n) is 13.6. The molecule has 0 aliphatic carbocycles. The number of alkyl halides is 3. The summed E-state index contributed by atoms with van der Waals surface area (Å²) < 4.78 is 50.8. The number of halogens is 3. The van der Waals surface area contributed by atoms with Crippen LogP contribution in [-0.2, 0) is 20.9 Å². The van der Waals surface area contributed by atoms with Crippen molar-refractivity contribution in [1.29, 1.82) is 0 Å². The number of nitrogens with two attached hydrogens (primary N) is 1. The highest BCUT2D eigenvalue weighted by Gasteiger charge is 2.38. The van der Waals surface area contributed by atoms with Crippen LogP contribution in [0, 0.1) is 27.9 Å². The lowest BCUT2D eigenvalue weighted by Crippen LogP contribution is -2.36. The molecule has 1 fully saturated rings. The molecule has 1 aliphatic rings. The molecule has 0 saturated carbocycles. The molecule has 1 aromatic carbocycles. The average molecular weight is 621 g/mol. The number of benzene rings is 1. The Morgan fingerprint density at radius 3 is 2.75 bits per heavy atom. The number of anilines is 1. The Morgan fingerprint density at radius 1 is 1.36 bits per heavy atom. The second-order valence-electron chi connectivity index (χ2n) is 10.6. The number of hydrogen-bond donors (Lipinski definition) is 4. The van der Waals surface area contributed by atoms with Gasteiger partial charge in [-0.05, 0) is 24.5 Å². The fourth-order valence-corrected chi connectivity index (χ4v) is 4.89. The molecule has 0 unspecified atom stereocenters. The van der Waals surface area contributed by atoms with Crippen LogP contribution in [0.3, 0.4) is 0 Å². The number of nitrogen functional groups attached to an aromatic ring is 1. The lowest BCUT2D eigenvalue weighted by atomic mass is 9.96. The van der Waals surface area contributed by atoms with Gasteiger partial charge in [-0.2, -0.15) is 13.2 Å². The molecule has 0 radical (unpaired) electrons. The van der Waals surface area contributed by atoms with E-state index in [1.165, 1.54) is 24.5 Å². The standard InChI is InChI=1S/C28H31F3N6O7/c1-15(2)8-21(18-6-5-16(9-19(18)37(41)42)4-3-7-33-27(40)28(29,30)31)43-13-17-11-36(23-10-20(39)22(12-38)44-23)26-24(17)25(32)34-14-35-26/h5-6,9,11,14-15,20-23,38-39H,7-8,10,12-13H2,1-2H3,(H,33,40)(H2,32,34,35)/t20-,21-,22-,23-/m1/s1. The van der Waals surface area contributed by atoms with E-state index < -0.39 is 48.1 Å². The normalized spacial score (nSPS) is 19.1. The van der Waals surface area contributed by atoms with Crippen molar-refractivity contribution in [3.05, 3.63) is 57.5 Å². The van der Waals surface area contributed by atoms with Crippen molar-refractivity contribution in [3.8, 4) is 11.8 Å². The lowest BCUT2D eigenvalue weighted by Gasteiger charge is -2.20. The summed E-state index contributed by atoms with van der Waals surface area (Å²) in [4.78, 5) is 30.8. The van der Waals surface area contributed by atoms with Crippen molar-refractivity contribution < 1.29 is 42.6 Å². The van der Waals surface area contributed by atoms with Gasteiger partial charge in [0.2, 0.25) is 0 Å². The zero-order valence-electron chi connectivity index (χ0n) is 23.7. The SMILES string of the molecule is CC(C)C[C@@H](OCc1cn([C@H]2C[C@@H](O)[C@@H](CO)O2)c2ncnc(N)c12)c1ccc(C#CCNC(=O)C(F)(F)F)cc1[N+](=O)[O-]. The molecule has 2 aromatic heterocycles. The molecule has 5 N–H and O–H groups in total. The van der Waals surface area contributed by atoms with Crippen LogP contribution in [0.2, 0.25) is 0 Å². The van der Waals surface area contributed by atoms with E-state index in [9.17, 15) is 38.3 Å². The van der Waals surface area contributed by atoms with Crippen molar-refractivity contribution in [2.75, 3.05) is 18.9 Å². The molecule has 236 valence electrons. The maximum atomic E-state index is 12.3. The van der Waals surface area contributed by atoms with Crippen LogP contribution < -0.4 is 11.1 Å². The van der Waals surface area contributed by atoms with Gasteiger partial charge < -0.3 is 35.3 Å². The fourth-order valence-electron chi connectivity index (χ4n) is 4.89. The number of nitrogens with zero attached hydrogens (tertiary/aromatic N) is 4. The molecule has 4 atom stereocenters. The number of aliphatic hydroxyl groups excluding tert-OH is 2. The number of fused-ring (bicyclic) bond motifs is 1. The third kappa shape index (κ3) is 7.42. The largest absolute Gasteiger partial charge is 0.471 e. The number of aromatic nitrogens is 3. The lowest BCUT2D eigenvalue weighted by molar-refractivity contribution is -0.386. The number of nitrogens with one attached hydrogen (secondary N) is 1. The van der Waals surface area contributed by atoms with E-state index in [1.807, 2.05) is 13.8 Å². The van der Waals surface area contributed by atoms with Crippen molar-refractivity contribution in [2.45, 2.75) is 64.0 Å². The average Bonchev–Trinajstić information content (AvgIpc) is 3.53. The molecule has 13 nitrogen and oxygen atoms in total. The zero-order valence-corrected chi connectivity index (χ0v) is 23.7. The van der Waals surface area contributed by atoms with Crippen molar-refractivity contribution in [3.63, 3.8) is 0 Å². The predicted molar refractivity (Wildman–Crippen MR) is 150 cm³/mol. The van der Waals surface area contributed by atoms with Gasteiger partial charge in [0, 0.05) is 29.8 Å². The van der Waals surface area contributed by atoms with Gasteiger partial charge in [-0.3, -0.25) is 14.9 Å². The summed E-state index contributed by atoms with van der Waals surface area (Å²) in [7, 11) is 0. The molecular weight excluding hydrogens is 589 g/mol. The van der Waals surface area contributed by atoms with Crippen LogP contribution in [-0.4, -0.2) is 67.1 Å². The van der Waals surface area contributed by atoms with Crippen LogP contribution >= 0.6 is 0 Å². The molecule has 0 bridgehead atoms. The molecule has 3 heterocycles. The Bertz CT molecular complexity index is 1580. The molecule has 16 heteroatoms. The highest BCUT2D eigenvalue weighted by atomic mass is 19.4. The minimum atomic E-state index is -5.04. The van der Waals surface area contributed by atoms with E-state index in [0.717, 1.165) is 0 Å². The van der Waals surface area contributed by atoms with Gasteiger partial charge in [0.05, 0.1) is 47.8 Å². The van der Waals surface area contributed by atoms with Crippen molar-refractivity contribution >= 4 is 28.4 Å². The summed E-state index contributed by atoms with van der Waals surface area (Å²) in [6.45, 7) is 2.84. The number of carbonyl (C=O) groups excluding carboxylic acids is 1. The first-order valence-corrected chi connectivity index (χ1v) is 13.6. The summed E-state index contributed by atoms with van der Waals surface area (Å²) in [5, 5.41) is 33.9. The van der Waals surface area contributed by atoms with Crippen LogP contribution in [0.1, 0.15) is 55.7 Å². The van der Waals surface area contributed by atoms with Crippen molar-refractivity contribution in [2.24, 2.45) is 5.92 Å². The third-order valence-electron chi connectivity index (χ3n) is 6.94. The number of nitro benzene ring substituents is 1. The van der Waals surface area contributed by atoms with E-state index >= 15 is 0 Å². The Balaban J connectivity index is 1.60. The van der Waals surface area contributed by atoms with Crippen LogP contribution in [0.25, 0.3) is 11.0 Å². The molecule has 4 rings (SSSR count). The van der Waals surface area contributed by atoms with E-state index in [-0.39, 0.29) is 48.2 Å². The highest BCUT2D eigenvalue weighted by molar-refractivity contribution is 5.89. The Hall–Kier alpha value is -4.30. The summed E-state index contributed by atoms with van der Waals surface area (Å²) in [6, 6.07) is 4.16. The van der Waals surface area contributed by atoms with E-state index in [1.54, 1.807) is 16.1 Å². The second kappa shape index (κ2) is 13.6. The molecular formula is C28H31F3N6O7. The van der Waals surface area contributed by atoms with Gasteiger partial charge in [-0.25, -0.2) is 9.97 Å². The number of rotatable bonds is 10. The number of aliphatic hydroxyl groups is 2. The van der Waals surface area contributed by atoms with Gasteiger partial charge >= 0.3 is 12.1 Å². The Labute approximate surface area is 249 Å². The van der Waals surface area contributed by atoms with Crippen LogP contribution in [0.5, 0.6) is 0 Å². The fraction of sp³-hybridized carbons (Fsp3) is 0.464. The molecule has 44 heavy (non-hydrogen) atoms. The quantitative estimate of drug-likeness (QED) is 0.149. The Morgan fingerprint density at radius 2 is 2.11 bits per heavy atom. The Kier molecular flexibility index (Phi) is 10.0. The van der Waals surface area contributed by atoms with Gasteiger partial charge in [-0.1, -0.05) is 25.7 Å². The number of hydrogen-bond acceptors (Lipinski definition) is 10. The van der Waals surface area contributed by atoms with Gasteiger partial charge in [0.15, 0.2) is 0 Å². The first kappa shape index (κ1) is 32.6. The molecule has 0 spiro atoms. The summed E-state index contributed by atoms with van der Waals surface area (Å²) >= 11 is 0. The maximum Gasteiger partial charge on any atom is 0.471 e. The maximum absolute atomic E-state index is 12.3. The predicted octanol–water partition coefficient (Wildman–Crippen LogP) is 2.90. The number of amides is 1. The third-order valence-corrected chi connectivity index (χ3v) is 6.94. The summed E-state index contributed by atoms with van der Waals surface area (Å²) in [6.07, 6.45) is -4.51. The zero-order chi connectivity index (χ0) is 32.2. The van der Waals surface area contributed by atoms with Crippen molar-refractivity contribution in [1.82, 2.24) is 19.9 Å². The number of ether oxygens (including phenoxy) is 2. The van der Waals surface area contributed by atoms with E-state index in [0.29, 0.717) is 23.0 Å². The molecule has 3 aromatic rings. The van der Waals surface area contributed by atoms with Gasteiger partial charge in [0.25, 0.3) is 5.69 Å². The number of carbonyl (C=O) groups is 1. The van der Waals surface area contributed by atoms with Gasteiger partial charge in [0.1, 0.15) is 30.1 Å². The highest BCUT2D eigenvalue weighted by Crippen LogP contribution is 2.37. The topological polar surface area (TPSA) is 188 Å². The smallest absolute Gasteiger partial charge is 0.394 e. The molecule has 1 aliphatic heterocycles. The molecule has 1 saturated heterocycles. The van der Waals surface area contributed by atoms with Crippen LogP contribution in [0.15, 0.2) is 30.7 Å². The molecule has 1 amide bonds. The van der Waals surface area contributed by atoms with E-state index in [4.69, 9.17) is 15.2 Å². The minimum Gasteiger partial charge on any atom is -0.394 e. The minimum absolute atomic E-state index is 0.0468. The first-order chi connectivity index (χ1) is 20.8. The van der Waals surface area contributed by atoms with Gasteiger partial charge in [-0.15, -0.1) is 0 Å². The second-order valence-corrected chi connectivity index (χ2v) is 10.6. The van der Waals surface area contributed by atoms with Crippen LogP contribution in [0.4, 0.5) is 24.7 Å². The number of nitro groups is 1.